The third-order valence-corrected chi connectivity index (χ3v) is 3.95. The van der Waals surface area contributed by atoms with Crippen LogP contribution in [0.15, 0.2) is 48.6 Å². The molecule has 0 aliphatic heterocycles. The summed E-state index contributed by atoms with van der Waals surface area (Å²) in [5, 5.41) is 14.1. The van der Waals surface area contributed by atoms with Gasteiger partial charge in [-0.25, -0.2) is 4.79 Å². The lowest BCUT2D eigenvalue weighted by molar-refractivity contribution is -0.131. The third-order valence-electron chi connectivity index (χ3n) is 3.95. The lowest BCUT2D eigenvalue weighted by atomic mass is 10.1. The summed E-state index contributed by atoms with van der Waals surface area (Å²) >= 11 is 0. The maximum atomic E-state index is 12.7. The number of rotatable bonds is 9. The van der Waals surface area contributed by atoms with E-state index in [1.165, 1.54) is 6.07 Å². The molecule has 0 saturated carbocycles. The SMILES string of the molecule is CCOc1cc(NC(=O)c2ccccc2C)c(OCC)cc1NC(=O)/C=C/C(=O)O. The summed E-state index contributed by atoms with van der Waals surface area (Å²) in [6.45, 7) is 6.04. The van der Waals surface area contributed by atoms with Crippen molar-refractivity contribution in [1.29, 1.82) is 0 Å². The van der Waals surface area contributed by atoms with Crippen LogP contribution < -0.4 is 20.1 Å². The number of amides is 2. The molecule has 0 bridgehead atoms. The van der Waals surface area contributed by atoms with E-state index in [1.54, 1.807) is 32.0 Å². The number of carbonyl (C=O) groups excluding carboxylic acids is 2. The lowest BCUT2D eigenvalue weighted by Crippen LogP contribution is -2.15. The van der Waals surface area contributed by atoms with Crippen molar-refractivity contribution in [3.05, 3.63) is 59.7 Å². The molecule has 0 aliphatic carbocycles. The largest absolute Gasteiger partial charge is 0.492 e. The van der Waals surface area contributed by atoms with Crippen LogP contribution in [0.4, 0.5) is 11.4 Å². The number of anilines is 2. The molecule has 2 rings (SSSR count). The first-order valence-electron chi connectivity index (χ1n) is 9.38. The second-order valence-electron chi connectivity index (χ2n) is 6.14. The number of hydrogen-bond donors (Lipinski definition) is 3. The van der Waals surface area contributed by atoms with Gasteiger partial charge >= 0.3 is 5.97 Å². The molecule has 3 N–H and O–H groups in total. The molecular formula is C22H24N2O6. The van der Waals surface area contributed by atoms with Crippen LogP contribution >= 0.6 is 0 Å². The second-order valence-corrected chi connectivity index (χ2v) is 6.14. The predicted octanol–water partition coefficient (Wildman–Crippen LogP) is 3.62. The molecule has 2 aromatic carbocycles. The predicted molar refractivity (Wildman–Crippen MR) is 113 cm³/mol. The molecule has 8 nitrogen and oxygen atoms in total. The van der Waals surface area contributed by atoms with E-state index in [2.05, 4.69) is 10.6 Å². The van der Waals surface area contributed by atoms with Crippen LogP contribution in [0.1, 0.15) is 29.8 Å². The molecule has 2 amide bonds. The Hall–Kier alpha value is -3.81. The van der Waals surface area contributed by atoms with Crippen LogP contribution in [0.3, 0.4) is 0 Å². The van der Waals surface area contributed by atoms with Crippen molar-refractivity contribution >= 4 is 29.2 Å². The van der Waals surface area contributed by atoms with Crippen LogP contribution in [0.5, 0.6) is 11.5 Å². The number of ether oxygens (including phenoxy) is 2. The van der Waals surface area contributed by atoms with Gasteiger partial charge in [-0.05, 0) is 32.4 Å². The number of carbonyl (C=O) groups is 3. The van der Waals surface area contributed by atoms with Crippen LogP contribution in [-0.2, 0) is 9.59 Å². The number of aliphatic carboxylic acids is 1. The van der Waals surface area contributed by atoms with Crippen molar-refractivity contribution < 1.29 is 29.0 Å². The molecule has 2 aromatic rings. The van der Waals surface area contributed by atoms with E-state index in [1.807, 2.05) is 19.1 Å². The zero-order chi connectivity index (χ0) is 22.1. The van der Waals surface area contributed by atoms with Gasteiger partial charge in [0.15, 0.2) is 0 Å². The van der Waals surface area contributed by atoms with Crippen molar-refractivity contribution in [3.8, 4) is 11.5 Å². The Morgan fingerprint density at radius 1 is 0.933 bits per heavy atom. The molecule has 0 spiro atoms. The molecular weight excluding hydrogens is 388 g/mol. The van der Waals surface area contributed by atoms with Gasteiger partial charge in [0.1, 0.15) is 11.5 Å². The fourth-order valence-corrected chi connectivity index (χ4v) is 2.64. The van der Waals surface area contributed by atoms with Crippen molar-refractivity contribution in [2.75, 3.05) is 23.8 Å². The summed E-state index contributed by atoms with van der Waals surface area (Å²) < 4.78 is 11.2. The lowest BCUT2D eigenvalue weighted by Gasteiger charge is -2.17. The summed E-state index contributed by atoms with van der Waals surface area (Å²) in [5.41, 5.74) is 2.02. The molecule has 0 atom stereocenters. The Balaban J connectivity index is 2.39. The summed E-state index contributed by atoms with van der Waals surface area (Å²) in [7, 11) is 0. The third kappa shape index (κ3) is 6.10. The average Bonchev–Trinajstić information content (AvgIpc) is 2.70. The van der Waals surface area contributed by atoms with Crippen LogP contribution in [-0.4, -0.2) is 36.1 Å². The van der Waals surface area contributed by atoms with Gasteiger partial charge in [-0.3, -0.25) is 9.59 Å². The number of carboxylic acid groups (broad SMARTS) is 1. The van der Waals surface area contributed by atoms with Gasteiger partial charge in [-0.1, -0.05) is 18.2 Å². The number of benzene rings is 2. The van der Waals surface area contributed by atoms with Crippen molar-refractivity contribution in [2.45, 2.75) is 20.8 Å². The quantitative estimate of drug-likeness (QED) is 0.542. The van der Waals surface area contributed by atoms with E-state index in [0.717, 1.165) is 17.7 Å². The van der Waals surface area contributed by atoms with Crippen molar-refractivity contribution in [2.24, 2.45) is 0 Å². The Kier molecular flexibility index (Phi) is 7.99. The number of carboxylic acids is 1. The van der Waals surface area contributed by atoms with Gasteiger partial charge in [-0.2, -0.15) is 0 Å². The van der Waals surface area contributed by atoms with E-state index in [0.29, 0.717) is 36.0 Å². The highest BCUT2D eigenvalue weighted by Gasteiger charge is 2.17. The molecule has 0 aliphatic rings. The summed E-state index contributed by atoms with van der Waals surface area (Å²) in [6, 6.07) is 10.3. The van der Waals surface area contributed by atoms with Crippen LogP contribution in [0.25, 0.3) is 0 Å². The smallest absolute Gasteiger partial charge is 0.328 e. The second kappa shape index (κ2) is 10.7. The van der Waals surface area contributed by atoms with Crippen LogP contribution in [0.2, 0.25) is 0 Å². The van der Waals surface area contributed by atoms with E-state index in [-0.39, 0.29) is 11.6 Å². The summed E-state index contributed by atoms with van der Waals surface area (Å²) in [4.78, 5) is 35.3. The zero-order valence-corrected chi connectivity index (χ0v) is 17.0. The molecule has 0 fully saturated rings. The fourth-order valence-electron chi connectivity index (χ4n) is 2.64. The van der Waals surface area contributed by atoms with Gasteiger partial charge in [-0.15, -0.1) is 0 Å². The molecule has 0 aromatic heterocycles. The monoisotopic (exact) mass is 412 g/mol. The minimum atomic E-state index is -1.24. The maximum Gasteiger partial charge on any atom is 0.328 e. The van der Waals surface area contributed by atoms with Crippen molar-refractivity contribution in [3.63, 3.8) is 0 Å². The highest BCUT2D eigenvalue weighted by Crippen LogP contribution is 2.37. The van der Waals surface area contributed by atoms with E-state index >= 15 is 0 Å². The maximum absolute atomic E-state index is 12.7. The topological polar surface area (TPSA) is 114 Å². The molecule has 8 heteroatoms. The Labute approximate surface area is 174 Å². The van der Waals surface area contributed by atoms with Gasteiger partial charge in [0.25, 0.3) is 5.91 Å². The first-order chi connectivity index (χ1) is 14.3. The molecule has 0 unspecified atom stereocenters. The number of hydrogen-bond acceptors (Lipinski definition) is 5. The van der Waals surface area contributed by atoms with E-state index < -0.39 is 11.9 Å². The fraction of sp³-hybridized carbons (Fsp3) is 0.227. The molecule has 0 saturated heterocycles. The van der Waals surface area contributed by atoms with E-state index in [9.17, 15) is 14.4 Å². The Morgan fingerprint density at radius 3 is 2.03 bits per heavy atom. The number of nitrogens with one attached hydrogen (secondary N) is 2. The average molecular weight is 412 g/mol. The minimum Gasteiger partial charge on any atom is -0.492 e. The van der Waals surface area contributed by atoms with Gasteiger partial charge in [0.05, 0.1) is 24.6 Å². The van der Waals surface area contributed by atoms with Gasteiger partial charge in [0, 0.05) is 29.8 Å². The first kappa shape index (κ1) is 22.5. The molecule has 158 valence electrons. The highest BCUT2D eigenvalue weighted by molar-refractivity contribution is 6.07. The molecule has 30 heavy (non-hydrogen) atoms. The van der Waals surface area contributed by atoms with Crippen LogP contribution in [0, 0.1) is 6.92 Å². The van der Waals surface area contributed by atoms with Gasteiger partial charge in [0.2, 0.25) is 5.91 Å². The summed E-state index contributed by atoms with van der Waals surface area (Å²) in [6.07, 6.45) is 1.63. The van der Waals surface area contributed by atoms with Crippen molar-refractivity contribution in [1.82, 2.24) is 0 Å². The van der Waals surface area contributed by atoms with E-state index in [4.69, 9.17) is 14.6 Å². The van der Waals surface area contributed by atoms with Gasteiger partial charge < -0.3 is 25.2 Å². The Bertz CT molecular complexity index is 968. The normalized spacial score (nSPS) is 10.5. The standard InChI is InChI=1S/C22H24N2O6/c1-4-29-18-13-17(24-22(28)15-9-7-6-8-14(15)3)19(30-5-2)12-16(18)23-20(25)10-11-21(26)27/h6-13H,4-5H2,1-3H3,(H,23,25)(H,24,28)(H,26,27)/b11-10+. The minimum absolute atomic E-state index is 0.286. The molecule has 0 heterocycles. The zero-order valence-electron chi connectivity index (χ0n) is 17.0. The highest BCUT2D eigenvalue weighted by atomic mass is 16.5. The first-order valence-corrected chi connectivity index (χ1v) is 9.38. The Morgan fingerprint density at radius 2 is 1.50 bits per heavy atom. The number of aryl methyl sites for hydroxylation is 1. The molecule has 0 radical (unpaired) electrons. The summed E-state index contributed by atoms with van der Waals surface area (Å²) in [5.74, 6) is -1.55.